The lowest BCUT2D eigenvalue weighted by atomic mass is 10.0. The summed E-state index contributed by atoms with van der Waals surface area (Å²) in [6.07, 6.45) is 85.5. The van der Waals surface area contributed by atoms with Gasteiger partial charge in [0.15, 0.2) is 6.10 Å². The van der Waals surface area contributed by atoms with Crippen molar-refractivity contribution in [1.82, 2.24) is 0 Å². The van der Waals surface area contributed by atoms with Crippen LogP contribution in [0.25, 0.3) is 0 Å². The molecule has 1 unspecified atom stereocenters. The molecule has 0 spiro atoms. The lowest BCUT2D eigenvalue weighted by Crippen LogP contribution is -2.30. The van der Waals surface area contributed by atoms with Gasteiger partial charge in [-0.2, -0.15) is 0 Å². The molecule has 0 amide bonds. The fourth-order valence-corrected chi connectivity index (χ4v) is 10.1. The van der Waals surface area contributed by atoms with Crippen LogP contribution in [0.3, 0.4) is 0 Å². The van der Waals surface area contributed by atoms with E-state index in [1.807, 2.05) is 0 Å². The Balaban J connectivity index is 4.09. The average Bonchev–Trinajstić information content (AvgIpc) is 3.44. The normalized spacial score (nSPS) is 12.4. The summed E-state index contributed by atoms with van der Waals surface area (Å²) >= 11 is 0. The van der Waals surface area contributed by atoms with E-state index in [9.17, 15) is 14.4 Å². The molecule has 0 aromatic carbocycles. The Hall–Kier alpha value is -2.89. The van der Waals surface area contributed by atoms with Crippen LogP contribution in [0.5, 0.6) is 0 Å². The van der Waals surface area contributed by atoms with Gasteiger partial charge in [0, 0.05) is 19.3 Å². The van der Waals surface area contributed by atoms with E-state index in [4.69, 9.17) is 14.2 Å². The van der Waals surface area contributed by atoms with Gasteiger partial charge in [-0.15, -0.1) is 0 Å². The van der Waals surface area contributed by atoms with E-state index >= 15 is 0 Å². The Bertz CT molecular complexity index is 1390. The highest BCUT2D eigenvalue weighted by molar-refractivity contribution is 5.71. The maximum absolute atomic E-state index is 12.9. The fraction of sp³-hybridized carbons (Fsp3) is 0.819. The third-order valence-electron chi connectivity index (χ3n) is 15.3. The number of allylic oxidation sites excluding steroid dienone is 10. The minimum absolute atomic E-state index is 0.0765. The number of carbonyl (C=O) groups excluding carboxylic acids is 3. The van der Waals surface area contributed by atoms with Gasteiger partial charge in [0.2, 0.25) is 0 Å². The second kappa shape index (κ2) is 66.6. The van der Waals surface area contributed by atoms with Crippen molar-refractivity contribution in [3.05, 3.63) is 60.8 Å². The highest BCUT2D eigenvalue weighted by Gasteiger charge is 2.19. The zero-order valence-corrected chi connectivity index (χ0v) is 52.2. The van der Waals surface area contributed by atoms with Crippen molar-refractivity contribution in [2.24, 2.45) is 0 Å². The van der Waals surface area contributed by atoms with Gasteiger partial charge in [-0.05, 0) is 83.5 Å². The van der Waals surface area contributed by atoms with Gasteiger partial charge in [0.1, 0.15) is 13.2 Å². The van der Waals surface area contributed by atoms with Crippen molar-refractivity contribution >= 4 is 17.9 Å². The lowest BCUT2D eigenvalue weighted by molar-refractivity contribution is -0.167. The number of hydrogen-bond acceptors (Lipinski definition) is 6. The van der Waals surface area contributed by atoms with Crippen molar-refractivity contribution in [1.29, 1.82) is 0 Å². The van der Waals surface area contributed by atoms with Crippen LogP contribution in [0.2, 0.25) is 0 Å². The van der Waals surface area contributed by atoms with Crippen molar-refractivity contribution in [2.75, 3.05) is 13.2 Å². The predicted molar refractivity (Wildman–Crippen MR) is 339 cm³/mol. The smallest absolute Gasteiger partial charge is 0.306 e. The lowest BCUT2D eigenvalue weighted by Gasteiger charge is -2.18. The molecule has 0 saturated carbocycles. The van der Waals surface area contributed by atoms with Gasteiger partial charge in [-0.25, -0.2) is 0 Å². The molecule has 0 heterocycles. The molecule has 6 nitrogen and oxygen atoms in total. The van der Waals surface area contributed by atoms with Crippen LogP contribution < -0.4 is 0 Å². The van der Waals surface area contributed by atoms with Crippen molar-refractivity contribution in [3.8, 4) is 0 Å². The van der Waals surface area contributed by atoms with Crippen LogP contribution in [0.4, 0.5) is 0 Å². The SMILES string of the molecule is CC/C=C\C/C=C\C/C=C\CCCCCCCC(=O)OC(COC(=O)CCCCCCCCCCCCCC)COC(=O)CCCCCCCCCCCCCCCCCCCCCCC/C=C\C/C=C\CCCCCCC. The van der Waals surface area contributed by atoms with Gasteiger partial charge in [-0.3, -0.25) is 14.4 Å². The first-order valence-corrected chi connectivity index (χ1v) is 34.3. The van der Waals surface area contributed by atoms with Crippen LogP contribution in [-0.2, 0) is 28.6 Å². The van der Waals surface area contributed by atoms with Crippen LogP contribution in [0.1, 0.15) is 361 Å². The van der Waals surface area contributed by atoms with Gasteiger partial charge >= 0.3 is 17.9 Å². The highest BCUT2D eigenvalue weighted by Crippen LogP contribution is 2.18. The monoisotopic (exact) mass is 1090 g/mol. The van der Waals surface area contributed by atoms with Gasteiger partial charge in [0.05, 0.1) is 0 Å². The Morgan fingerprint density at radius 3 is 0.782 bits per heavy atom. The molecule has 0 bridgehead atoms. The zero-order chi connectivity index (χ0) is 56.4. The maximum Gasteiger partial charge on any atom is 0.306 e. The number of esters is 3. The average molecular weight is 1090 g/mol. The summed E-state index contributed by atoms with van der Waals surface area (Å²) in [7, 11) is 0. The molecular weight excluding hydrogens is 961 g/mol. The standard InChI is InChI=1S/C72H130O6/c1-4-7-10-13-16-19-22-25-27-28-29-30-31-32-33-34-35-36-37-38-39-40-41-42-43-44-46-47-50-53-56-59-62-65-71(74)77-68-69(67-76-70(73)64-61-58-55-52-49-24-21-18-15-12-9-6-3)78-72(75)66-63-60-57-54-51-48-45-26-23-20-17-14-11-8-5-2/h8,11,17,20,22,25-26,28-29,45,69H,4-7,9-10,12-16,18-19,21,23-24,27,30-44,46-68H2,1-3H3/b11-8-,20-17-,25-22-,29-28-,45-26-. The molecule has 6 heteroatoms. The summed E-state index contributed by atoms with van der Waals surface area (Å²) in [6.45, 7) is 6.55. The Kier molecular flexibility index (Phi) is 64.2. The second-order valence-electron chi connectivity index (χ2n) is 23.1. The first kappa shape index (κ1) is 75.1. The largest absolute Gasteiger partial charge is 0.462 e. The van der Waals surface area contributed by atoms with Gasteiger partial charge in [-0.1, -0.05) is 319 Å². The van der Waals surface area contributed by atoms with E-state index in [-0.39, 0.29) is 31.1 Å². The molecule has 78 heavy (non-hydrogen) atoms. The molecule has 0 aliphatic carbocycles. The van der Waals surface area contributed by atoms with Crippen LogP contribution >= 0.6 is 0 Å². The zero-order valence-electron chi connectivity index (χ0n) is 52.2. The van der Waals surface area contributed by atoms with E-state index in [0.717, 1.165) is 103 Å². The number of ether oxygens (including phenoxy) is 3. The summed E-state index contributed by atoms with van der Waals surface area (Å²) in [5.74, 6) is -0.874. The van der Waals surface area contributed by atoms with E-state index in [1.54, 1.807) is 0 Å². The molecule has 0 radical (unpaired) electrons. The van der Waals surface area contributed by atoms with Crippen molar-refractivity contribution in [2.45, 2.75) is 367 Å². The van der Waals surface area contributed by atoms with Crippen molar-refractivity contribution < 1.29 is 28.6 Å². The predicted octanol–water partition coefficient (Wildman–Crippen LogP) is 23.5. The fourth-order valence-electron chi connectivity index (χ4n) is 10.1. The van der Waals surface area contributed by atoms with Crippen molar-refractivity contribution in [3.63, 3.8) is 0 Å². The Morgan fingerprint density at radius 2 is 0.500 bits per heavy atom. The molecule has 0 aliphatic heterocycles. The Morgan fingerprint density at radius 1 is 0.269 bits per heavy atom. The van der Waals surface area contributed by atoms with Gasteiger partial charge in [0.25, 0.3) is 0 Å². The number of hydrogen-bond donors (Lipinski definition) is 0. The van der Waals surface area contributed by atoms with E-state index < -0.39 is 6.10 Å². The molecule has 0 N–H and O–H groups in total. The van der Waals surface area contributed by atoms with Crippen LogP contribution in [0.15, 0.2) is 60.8 Å². The van der Waals surface area contributed by atoms with E-state index in [2.05, 4.69) is 81.5 Å². The minimum atomic E-state index is -0.780. The molecule has 0 aromatic rings. The third kappa shape index (κ3) is 63.9. The minimum Gasteiger partial charge on any atom is -0.462 e. The molecule has 1 atom stereocenters. The maximum atomic E-state index is 12.9. The topological polar surface area (TPSA) is 78.9 Å². The van der Waals surface area contributed by atoms with E-state index in [1.165, 1.54) is 218 Å². The molecule has 454 valence electrons. The summed E-state index contributed by atoms with van der Waals surface area (Å²) in [4.78, 5) is 38.3. The molecule has 0 saturated heterocycles. The third-order valence-corrected chi connectivity index (χ3v) is 15.3. The van der Waals surface area contributed by atoms with Gasteiger partial charge < -0.3 is 14.2 Å². The van der Waals surface area contributed by atoms with Crippen LogP contribution in [-0.4, -0.2) is 37.2 Å². The number of rotatable bonds is 63. The second-order valence-corrected chi connectivity index (χ2v) is 23.1. The number of carbonyl (C=O) groups is 3. The summed E-state index contributed by atoms with van der Waals surface area (Å²) < 4.78 is 16.9. The first-order valence-electron chi connectivity index (χ1n) is 34.3. The number of unbranched alkanes of at least 4 members (excludes halogenated alkanes) is 42. The summed E-state index contributed by atoms with van der Waals surface area (Å²) in [5, 5.41) is 0. The molecule has 0 rings (SSSR count). The summed E-state index contributed by atoms with van der Waals surface area (Å²) in [5.41, 5.74) is 0. The van der Waals surface area contributed by atoms with E-state index in [0.29, 0.717) is 19.3 Å². The van der Waals surface area contributed by atoms with Crippen LogP contribution in [0, 0.1) is 0 Å². The highest BCUT2D eigenvalue weighted by atomic mass is 16.6. The molecule has 0 fully saturated rings. The quantitative estimate of drug-likeness (QED) is 0.0261. The summed E-state index contributed by atoms with van der Waals surface area (Å²) in [6, 6.07) is 0. The first-order chi connectivity index (χ1) is 38.5. The molecule has 0 aromatic heterocycles. The molecule has 0 aliphatic rings. The Labute approximate surface area is 485 Å². The molecular formula is C72H130O6.